The van der Waals surface area contributed by atoms with Crippen LogP contribution in [0.1, 0.15) is 40.4 Å². The summed E-state index contributed by atoms with van der Waals surface area (Å²) in [6.07, 6.45) is 1.58. The molecule has 0 spiro atoms. The minimum Gasteiger partial charge on any atom is -0.397 e. The van der Waals surface area contributed by atoms with Crippen molar-refractivity contribution in [3.8, 4) is 0 Å². The van der Waals surface area contributed by atoms with Crippen molar-refractivity contribution in [1.82, 2.24) is 14.5 Å². The van der Waals surface area contributed by atoms with E-state index < -0.39 is 0 Å². The average molecular weight is 284 g/mol. The molecule has 0 aromatic carbocycles. The number of nitrogens with two attached hydrogens (primary N) is 1. The minimum absolute atomic E-state index is 0.00454. The van der Waals surface area contributed by atoms with Crippen molar-refractivity contribution in [1.29, 1.82) is 0 Å². The van der Waals surface area contributed by atoms with Gasteiger partial charge in [0, 0.05) is 24.5 Å². The van der Waals surface area contributed by atoms with Gasteiger partial charge in [0.15, 0.2) is 0 Å². The van der Waals surface area contributed by atoms with Gasteiger partial charge in [-0.3, -0.25) is 9.78 Å². The van der Waals surface area contributed by atoms with E-state index in [0.717, 1.165) is 12.2 Å². The Morgan fingerprint density at radius 3 is 2.86 bits per heavy atom. The normalized spacial score (nSPS) is 17.7. The Balaban J connectivity index is 1.95. The summed E-state index contributed by atoms with van der Waals surface area (Å²) in [7, 11) is 0. The number of rotatable bonds is 1. The molecule has 2 aromatic rings. The molecule has 1 aliphatic heterocycles. The number of fused-ring (bicyclic) bond motifs is 1. The Bertz CT molecular complexity index is 704. The smallest absolute Gasteiger partial charge is 0.256 e. The lowest BCUT2D eigenvalue weighted by Gasteiger charge is -2.35. The van der Waals surface area contributed by atoms with E-state index in [9.17, 15) is 4.79 Å². The first-order chi connectivity index (χ1) is 9.99. The SMILES string of the molecule is Cc1ncc(N)cc1C(=O)N1CCn2c(C)ccc2C1C. The van der Waals surface area contributed by atoms with E-state index in [1.807, 2.05) is 11.8 Å². The molecule has 0 saturated carbocycles. The maximum absolute atomic E-state index is 12.8. The van der Waals surface area contributed by atoms with Crippen molar-refractivity contribution in [2.45, 2.75) is 33.4 Å². The molecule has 1 amide bonds. The van der Waals surface area contributed by atoms with E-state index in [1.54, 1.807) is 12.3 Å². The zero-order chi connectivity index (χ0) is 15.1. The maximum Gasteiger partial charge on any atom is 0.256 e. The fourth-order valence-electron chi connectivity index (χ4n) is 3.02. The Hall–Kier alpha value is -2.30. The van der Waals surface area contributed by atoms with Gasteiger partial charge in [-0.15, -0.1) is 0 Å². The first-order valence-electron chi connectivity index (χ1n) is 7.18. The predicted molar refractivity (Wildman–Crippen MR) is 82.0 cm³/mol. The molecule has 3 rings (SSSR count). The van der Waals surface area contributed by atoms with E-state index in [2.05, 4.69) is 35.5 Å². The van der Waals surface area contributed by atoms with Crippen molar-refractivity contribution in [3.63, 3.8) is 0 Å². The predicted octanol–water partition coefficient (Wildman–Crippen LogP) is 2.30. The fraction of sp³-hybridized carbons (Fsp3) is 0.375. The van der Waals surface area contributed by atoms with Crippen molar-refractivity contribution in [3.05, 3.63) is 47.0 Å². The molecule has 3 heterocycles. The van der Waals surface area contributed by atoms with Crippen molar-refractivity contribution >= 4 is 11.6 Å². The van der Waals surface area contributed by atoms with E-state index in [-0.39, 0.29) is 11.9 Å². The fourth-order valence-corrected chi connectivity index (χ4v) is 3.02. The molecule has 0 bridgehead atoms. The molecule has 1 aliphatic rings. The average Bonchev–Trinajstić information content (AvgIpc) is 2.84. The molecule has 0 fully saturated rings. The van der Waals surface area contributed by atoms with Gasteiger partial charge >= 0.3 is 0 Å². The molecule has 1 atom stereocenters. The minimum atomic E-state index is 0.00454. The van der Waals surface area contributed by atoms with E-state index >= 15 is 0 Å². The van der Waals surface area contributed by atoms with Crippen LogP contribution in [0.25, 0.3) is 0 Å². The van der Waals surface area contributed by atoms with Gasteiger partial charge < -0.3 is 15.2 Å². The highest BCUT2D eigenvalue weighted by atomic mass is 16.2. The van der Waals surface area contributed by atoms with Crippen LogP contribution in [0.2, 0.25) is 0 Å². The lowest BCUT2D eigenvalue weighted by Crippen LogP contribution is -2.41. The lowest BCUT2D eigenvalue weighted by molar-refractivity contribution is 0.0641. The quantitative estimate of drug-likeness (QED) is 0.874. The molecule has 5 heteroatoms. The highest BCUT2D eigenvalue weighted by Gasteiger charge is 2.29. The van der Waals surface area contributed by atoms with E-state index in [4.69, 9.17) is 5.73 Å². The summed E-state index contributed by atoms with van der Waals surface area (Å²) in [5.74, 6) is 0.00454. The summed E-state index contributed by atoms with van der Waals surface area (Å²) in [6.45, 7) is 7.54. The molecule has 2 aromatic heterocycles. The van der Waals surface area contributed by atoms with Gasteiger partial charge in [0.2, 0.25) is 0 Å². The number of carbonyl (C=O) groups excluding carboxylic acids is 1. The topological polar surface area (TPSA) is 64.2 Å². The molecular formula is C16H20N4O. The number of nitrogens with zero attached hydrogens (tertiary/aromatic N) is 3. The Morgan fingerprint density at radius 2 is 2.10 bits per heavy atom. The molecular weight excluding hydrogens is 264 g/mol. The molecule has 1 unspecified atom stereocenters. The van der Waals surface area contributed by atoms with Crippen molar-refractivity contribution in [2.24, 2.45) is 0 Å². The number of aromatic nitrogens is 2. The number of hydrogen-bond acceptors (Lipinski definition) is 3. The Labute approximate surface area is 124 Å². The van der Waals surface area contributed by atoms with Gasteiger partial charge in [-0.2, -0.15) is 0 Å². The van der Waals surface area contributed by atoms with Crippen LogP contribution in [0.15, 0.2) is 24.4 Å². The highest BCUT2D eigenvalue weighted by Crippen LogP contribution is 2.29. The molecule has 0 radical (unpaired) electrons. The number of carbonyl (C=O) groups is 1. The molecule has 21 heavy (non-hydrogen) atoms. The van der Waals surface area contributed by atoms with Crippen LogP contribution in [0.5, 0.6) is 0 Å². The van der Waals surface area contributed by atoms with Gasteiger partial charge in [0.1, 0.15) is 0 Å². The van der Waals surface area contributed by atoms with Gasteiger partial charge in [-0.05, 0) is 39.0 Å². The maximum atomic E-state index is 12.8. The first kappa shape index (κ1) is 13.7. The first-order valence-corrected chi connectivity index (χ1v) is 7.18. The molecule has 5 nitrogen and oxygen atoms in total. The number of anilines is 1. The van der Waals surface area contributed by atoms with E-state index in [0.29, 0.717) is 17.8 Å². The van der Waals surface area contributed by atoms with Crippen LogP contribution in [0, 0.1) is 13.8 Å². The third-order valence-electron chi connectivity index (χ3n) is 4.29. The second-order valence-electron chi connectivity index (χ2n) is 5.63. The summed E-state index contributed by atoms with van der Waals surface area (Å²) >= 11 is 0. The van der Waals surface area contributed by atoms with Gasteiger partial charge in [-0.1, -0.05) is 0 Å². The molecule has 2 N–H and O–H groups in total. The number of pyridine rings is 1. The zero-order valence-electron chi connectivity index (χ0n) is 12.6. The summed E-state index contributed by atoms with van der Waals surface area (Å²) < 4.78 is 2.28. The lowest BCUT2D eigenvalue weighted by atomic mass is 10.1. The van der Waals surface area contributed by atoms with Gasteiger partial charge in [-0.25, -0.2) is 0 Å². The number of nitrogen functional groups attached to an aromatic ring is 1. The van der Waals surface area contributed by atoms with Crippen LogP contribution in [0.3, 0.4) is 0 Å². The van der Waals surface area contributed by atoms with Crippen LogP contribution in [-0.2, 0) is 6.54 Å². The number of hydrogen-bond donors (Lipinski definition) is 1. The summed E-state index contributed by atoms with van der Waals surface area (Å²) in [4.78, 5) is 18.9. The number of amides is 1. The van der Waals surface area contributed by atoms with E-state index in [1.165, 1.54) is 11.4 Å². The monoisotopic (exact) mass is 284 g/mol. The molecule has 0 aliphatic carbocycles. The van der Waals surface area contributed by atoms with Crippen molar-refractivity contribution < 1.29 is 4.79 Å². The largest absolute Gasteiger partial charge is 0.397 e. The zero-order valence-corrected chi connectivity index (χ0v) is 12.6. The summed E-state index contributed by atoms with van der Waals surface area (Å²) in [5.41, 5.74) is 10.0. The van der Waals surface area contributed by atoms with Gasteiger partial charge in [0.05, 0.1) is 29.2 Å². The Kier molecular flexibility index (Phi) is 3.20. The third-order valence-corrected chi connectivity index (χ3v) is 4.29. The van der Waals surface area contributed by atoms with Crippen LogP contribution < -0.4 is 5.73 Å². The van der Waals surface area contributed by atoms with Crippen LogP contribution >= 0.6 is 0 Å². The Morgan fingerprint density at radius 1 is 1.33 bits per heavy atom. The summed E-state index contributed by atoms with van der Waals surface area (Å²) in [6, 6.07) is 5.98. The second kappa shape index (κ2) is 4.91. The second-order valence-corrected chi connectivity index (χ2v) is 5.63. The highest BCUT2D eigenvalue weighted by molar-refractivity contribution is 5.96. The summed E-state index contributed by atoms with van der Waals surface area (Å²) in [5, 5.41) is 0. The third kappa shape index (κ3) is 2.18. The van der Waals surface area contributed by atoms with Crippen molar-refractivity contribution in [2.75, 3.05) is 12.3 Å². The van der Waals surface area contributed by atoms with Crippen LogP contribution in [-0.4, -0.2) is 26.9 Å². The molecule has 110 valence electrons. The standard InChI is InChI=1S/C16H20N4O/c1-10-4-5-15-12(3)20(7-6-19(10)15)16(21)14-8-13(17)9-18-11(14)2/h4-5,8-9,12H,6-7,17H2,1-3H3. The van der Waals surface area contributed by atoms with Crippen LogP contribution in [0.4, 0.5) is 5.69 Å². The van der Waals surface area contributed by atoms with Gasteiger partial charge in [0.25, 0.3) is 5.91 Å². The number of aryl methyl sites for hydroxylation is 2. The molecule has 0 saturated heterocycles.